The van der Waals surface area contributed by atoms with Crippen molar-refractivity contribution in [3.05, 3.63) is 18.2 Å². The van der Waals surface area contributed by atoms with Crippen molar-refractivity contribution in [2.75, 3.05) is 26.2 Å². The number of hydrogen-bond acceptors (Lipinski definition) is 20. The van der Waals surface area contributed by atoms with Crippen LogP contribution in [0.25, 0.3) is 0 Å². The molecule has 10 atom stereocenters. The van der Waals surface area contributed by atoms with Crippen LogP contribution in [0.3, 0.4) is 0 Å². The summed E-state index contributed by atoms with van der Waals surface area (Å²) in [6.45, 7) is 6.02. The number of aromatic amines is 1. The largest absolute Gasteiger partial charge is 0.481 e. The molecule has 30 N–H and O–H groups in total. The van der Waals surface area contributed by atoms with Gasteiger partial charge >= 0.3 is 11.9 Å². The molecule has 0 radical (unpaired) electrons. The molecule has 536 valence electrons. The lowest BCUT2D eigenvalue weighted by atomic mass is 10.0. The van der Waals surface area contributed by atoms with Gasteiger partial charge in [-0.3, -0.25) is 81.9 Å². The van der Waals surface area contributed by atoms with Crippen LogP contribution in [0, 0.1) is 11.8 Å². The maximum atomic E-state index is 13.9. The van der Waals surface area contributed by atoms with E-state index in [2.05, 4.69) is 78.4 Å². The number of aromatic nitrogens is 2. The Bertz CT molecular complexity index is 2930. The summed E-state index contributed by atoms with van der Waals surface area (Å²) in [6.07, 6.45) is -1.94. The van der Waals surface area contributed by atoms with Crippen molar-refractivity contribution >= 4 is 107 Å². The average Bonchev–Trinajstić information content (AvgIpc) is 1.19. The summed E-state index contributed by atoms with van der Waals surface area (Å²) in [5.41, 5.74) is 43.8. The fourth-order valence-corrected chi connectivity index (χ4v) is 8.68. The lowest BCUT2D eigenvalue weighted by Gasteiger charge is -2.27. The monoisotopic (exact) mass is 1360 g/mol. The van der Waals surface area contributed by atoms with E-state index in [1.807, 2.05) is 0 Å². The first-order valence-corrected chi connectivity index (χ1v) is 30.3. The van der Waals surface area contributed by atoms with Gasteiger partial charge in [-0.05, 0) is 70.1 Å². The van der Waals surface area contributed by atoms with Gasteiger partial charge in [-0.25, -0.2) is 9.78 Å². The van der Waals surface area contributed by atoms with E-state index in [9.17, 15) is 86.9 Å². The molecule has 0 aliphatic heterocycles. The molecule has 0 aromatic carbocycles. The Morgan fingerprint density at radius 2 is 0.812 bits per heavy atom. The number of carboxylic acid groups (broad SMARTS) is 2. The first-order chi connectivity index (χ1) is 44.9. The van der Waals surface area contributed by atoms with Crippen molar-refractivity contribution in [1.82, 2.24) is 68.5 Å². The summed E-state index contributed by atoms with van der Waals surface area (Å²) in [4.78, 5) is 224. The van der Waals surface area contributed by atoms with Crippen LogP contribution in [0.1, 0.15) is 117 Å². The maximum Gasteiger partial charge on any atom is 0.326 e. The third kappa shape index (κ3) is 35.3. The quantitative estimate of drug-likeness (QED) is 0.0164. The number of nitrogens with two attached hydrogens (primary N) is 8. The lowest BCUT2D eigenvalue weighted by molar-refractivity contribution is -0.143. The first-order valence-electron chi connectivity index (χ1n) is 30.3. The van der Waals surface area contributed by atoms with Crippen molar-refractivity contribution in [2.45, 2.75) is 179 Å². The van der Waals surface area contributed by atoms with Crippen molar-refractivity contribution in [3.63, 3.8) is 0 Å². The predicted octanol–water partition coefficient (Wildman–Crippen LogP) is -9.94. The number of H-pyrrole nitrogens is 1. The van der Waals surface area contributed by atoms with Gasteiger partial charge < -0.3 is 120 Å². The zero-order chi connectivity index (χ0) is 72.9. The number of hydrogen-bond donors (Lipinski definition) is 22. The van der Waals surface area contributed by atoms with E-state index in [1.54, 1.807) is 27.7 Å². The molecule has 41 heteroatoms. The highest BCUT2D eigenvalue weighted by Gasteiger charge is 2.36. The Morgan fingerprint density at radius 3 is 1.20 bits per heavy atom. The summed E-state index contributed by atoms with van der Waals surface area (Å²) >= 11 is 0. The Hall–Kier alpha value is -10.8. The van der Waals surface area contributed by atoms with E-state index in [1.165, 1.54) is 19.4 Å². The number of amides is 14. The molecule has 96 heavy (non-hydrogen) atoms. The molecule has 0 aliphatic rings. The van der Waals surface area contributed by atoms with Gasteiger partial charge in [-0.15, -0.1) is 0 Å². The molecule has 0 saturated carbocycles. The van der Waals surface area contributed by atoms with E-state index in [4.69, 9.17) is 45.9 Å². The normalized spacial score (nSPS) is 14.0. The second kappa shape index (κ2) is 43.2. The molecule has 1 aromatic heterocycles. The fraction of sp³-hybridized carbons (Fsp3) is 0.618. The number of rotatable bonds is 47. The Balaban J connectivity index is 3.38. The van der Waals surface area contributed by atoms with Crippen LogP contribution in [-0.2, 0) is 83.1 Å². The summed E-state index contributed by atoms with van der Waals surface area (Å²) in [5, 5.41) is 45.0. The van der Waals surface area contributed by atoms with Crippen molar-refractivity contribution in [2.24, 2.45) is 67.7 Å². The number of carboxylic acids is 2. The van der Waals surface area contributed by atoms with Crippen LogP contribution in [0.4, 0.5) is 0 Å². The molecule has 1 aromatic rings. The number of carbonyl (C=O) groups excluding carboxylic acids is 14. The van der Waals surface area contributed by atoms with Crippen LogP contribution >= 0.6 is 0 Å². The van der Waals surface area contributed by atoms with Gasteiger partial charge in [-0.1, -0.05) is 27.7 Å². The molecule has 0 bridgehead atoms. The van der Waals surface area contributed by atoms with E-state index in [0.29, 0.717) is 5.69 Å². The van der Waals surface area contributed by atoms with Gasteiger partial charge in [0.1, 0.15) is 54.4 Å². The third-order valence-corrected chi connectivity index (χ3v) is 13.4. The molecule has 0 saturated heterocycles. The van der Waals surface area contributed by atoms with Gasteiger partial charge in [0.05, 0.1) is 38.3 Å². The predicted molar refractivity (Wildman–Crippen MR) is 339 cm³/mol. The minimum atomic E-state index is -1.94. The number of aliphatic imine (C=N–C) groups is 2. The second-order valence-corrected chi connectivity index (χ2v) is 22.9. The van der Waals surface area contributed by atoms with Gasteiger partial charge in [0.2, 0.25) is 82.7 Å². The van der Waals surface area contributed by atoms with Crippen molar-refractivity contribution in [1.29, 1.82) is 0 Å². The van der Waals surface area contributed by atoms with Crippen LogP contribution in [0.2, 0.25) is 0 Å². The van der Waals surface area contributed by atoms with Gasteiger partial charge in [0.15, 0.2) is 11.9 Å². The van der Waals surface area contributed by atoms with Crippen LogP contribution in [0.15, 0.2) is 22.5 Å². The number of carbonyl (C=O) groups is 16. The topological polar surface area (TPSA) is 707 Å². The molecule has 1 rings (SSSR count). The summed E-state index contributed by atoms with van der Waals surface area (Å²) < 4.78 is 0. The van der Waals surface area contributed by atoms with Crippen LogP contribution in [-0.4, -0.2) is 213 Å². The average molecular weight is 1360 g/mol. The number of primary amides is 3. The molecule has 41 nitrogen and oxygen atoms in total. The van der Waals surface area contributed by atoms with E-state index < -0.39 is 207 Å². The molecule has 0 unspecified atom stereocenters. The van der Waals surface area contributed by atoms with Gasteiger partial charge in [-0.2, -0.15) is 0 Å². The Morgan fingerprint density at radius 1 is 0.448 bits per heavy atom. The zero-order valence-electron chi connectivity index (χ0n) is 54.0. The molecular formula is C55H93N23O18. The number of nitrogens with one attached hydrogen (secondary N) is 12. The van der Waals surface area contributed by atoms with Crippen LogP contribution < -0.4 is 104 Å². The highest BCUT2D eigenvalue weighted by molar-refractivity contribution is 6.00. The van der Waals surface area contributed by atoms with E-state index >= 15 is 0 Å². The van der Waals surface area contributed by atoms with Gasteiger partial charge in [0.25, 0.3) is 0 Å². The Labute approximate surface area is 551 Å². The standard InChI is InChI=1S/C55H93N23O18/c1-25(2)16-33(49(91)73-30(9-7-15-66-55(62)63)47(89)78-37(53(95)96)17-26(3)4)77-52(94)36(20-43(84)85)71-42(83)23-68-46(88)31(10-12-38(57)79)74-51(93)35(19-40(59)81)70-41(82)22-67-45(87)29(8-6-14-65-54(60)61)72-48(90)32(11-13-39(58)80)75-50(92)34(76-44(86)27(5)56)18-28-21-64-24-69-28/h21,24-27,29-37H,6-20,22-23,56H2,1-5H3,(H2,57,79)(H2,58,80)(H2,59,81)(H,64,69)(H,67,87)(H,68,88)(H,70,82)(H,71,83)(H,72,90)(H,73,91)(H,74,93)(H,75,92)(H,76,86)(H,77,94)(H,78,89)(H,84,85)(H,95,96)(H4,60,61,65)(H4,62,63,66)/t27-,29-,30-,31-,32-,33-,34-,35-,36-,37-/m0/s1. The van der Waals surface area contributed by atoms with E-state index in [0.717, 1.165) is 0 Å². The first kappa shape index (κ1) is 83.2. The maximum absolute atomic E-state index is 13.9. The van der Waals surface area contributed by atoms with Crippen molar-refractivity contribution < 1.29 is 86.9 Å². The number of aliphatic carboxylic acids is 2. The highest BCUT2D eigenvalue weighted by Crippen LogP contribution is 2.12. The molecular weight excluding hydrogens is 1270 g/mol. The minimum absolute atomic E-state index is 0.00223. The SMILES string of the molecule is CC(C)C[C@H](NC(=O)[C@H](CCCN=C(N)N)NC(=O)[C@H](CC(C)C)NC(=O)[C@H](CC(=O)O)NC(=O)CNC(=O)[C@H](CCC(N)=O)NC(=O)[C@H](CC(N)=O)NC(=O)CNC(=O)[C@H](CCCN=C(N)N)NC(=O)[C@H](CCC(N)=O)NC(=O)[C@H](Cc1cnc[nH]1)NC(=O)[C@H](C)N)C(=O)O. The molecule has 14 amide bonds. The van der Waals surface area contributed by atoms with Crippen molar-refractivity contribution in [3.8, 4) is 0 Å². The summed E-state index contributed by atoms with van der Waals surface area (Å²) in [7, 11) is 0. The molecule has 0 fully saturated rings. The smallest absolute Gasteiger partial charge is 0.326 e. The highest BCUT2D eigenvalue weighted by atomic mass is 16.4. The number of imidazole rings is 1. The third-order valence-electron chi connectivity index (χ3n) is 13.4. The summed E-state index contributed by atoms with van der Waals surface area (Å²) in [6, 6.07) is -15.5. The van der Waals surface area contributed by atoms with Crippen LogP contribution in [0.5, 0.6) is 0 Å². The van der Waals surface area contributed by atoms with Gasteiger partial charge in [0, 0.05) is 44.2 Å². The summed E-state index contributed by atoms with van der Waals surface area (Å²) in [5.74, 6) is -18.9. The fourth-order valence-electron chi connectivity index (χ4n) is 8.68. The zero-order valence-corrected chi connectivity index (χ0v) is 54.0. The number of guanidine groups is 2. The van der Waals surface area contributed by atoms with E-state index in [-0.39, 0.29) is 81.8 Å². The second-order valence-electron chi connectivity index (χ2n) is 22.9. The molecule has 0 spiro atoms. The number of nitrogens with zero attached hydrogens (tertiary/aromatic N) is 3. The minimum Gasteiger partial charge on any atom is -0.481 e. The Kier molecular flexibility index (Phi) is 37.5. The molecule has 0 aliphatic carbocycles. The molecule has 1 heterocycles. The lowest BCUT2D eigenvalue weighted by Crippen LogP contribution is -2.59.